The molecule has 1 spiro atoms. The Hall–Kier alpha value is 1.75. The van der Waals surface area contributed by atoms with E-state index < -0.39 is 0 Å². The molecule has 2 aliphatic heterocycles. The van der Waals surface area contributed by atoms with Crippen molar-refractivity contribution in [3.05, 3.63) is 0 Å². The average molecular weight is 299 g/mol. The summed E-state index contributed by atoms with van der Waals surface area (Å²) in [5.41, 5.74) is 0. The Morgan fingerprint density at radius 3 is 2.40 bits per heavy atom. The molecule has 2 saturated heterocycles. The van der Waals surface area contributed by atoms with E-state index in [0.29, 0.717) is 3.41 Å². The zero-order valence-corrected chi connectivity index (χ0v) is 13.3. The first-order valence-corrected chi connectivity index (χ1v) is 10.4. The van der Waals surface area contributed by atoms with Gasteiger partial charge in [-0.2, -0.15) is 23.5 Å². The van der Waals surface area contributed by atoms with Crippen LogP contribution in [0.15, 0.2) is 0 Å². The molecule has 0 aromatic carbocycles. The minimum absolute atomic E-state index is 0.489. The molecule has 0 aliphatic carbocycles. The highest BCUT2D eigenvalue weighted by Gasteiger charge is 2.40. The molecule has 2 heterocycles. The van der Waals surface area contributed by atoms with Crippen LogP contribution in [0.1, 0.15) is 13.8 Å². The standard InChI is InChI=1S/C10H18S5/c1-8-5-13-10(7-11-3-4-12-8)14-6-9(2)15-10/h8-9H,3-7H2,1-2H3. The first-order valence-electron chi connectivity index (χ1n) is 5.35. The van der Waals surface area contributed by atoms with Crippen molar-refractivity contribution in [2.45, 2.75) is 27.8 Å². The van der Waals surface area contributed by atoms with Crippen molar-refractivity contribution in [3.63, 3.8) is 0 Å². The Bertz CT molecular complexity index is 210. The fraction of sp³-hybridized carbons (Fsp3) is 1.00. The van der Waals surface area contributed by atoms with Crippen LogP contribution in [0.3, 0.4) is 0 Å². The second-order valence-corrected chi connectivity index (χ2v) is 11.8. The van der Waals surface area contributed by atoms with Crippen LogP contribution in [-0.2, 0) is 0 Å². The van der Waals surface area contributed by atoms with Gasteiger partial charge < -0.3 is 0 Å². The first kappa shape index (κ1) is 13.2. The largest absolute Gasteiger partial charge is 0.158 e. The molecule has 0 aromatic rings. The van der Waals surface area contributed by atoms with E-state index in [1.807, 2.05) is 0 Å². The van der Waals surface area contributed by atoms with Crippen molar-refractivity contribution in [1.82, 2.24) is 0 Å². The third-order valence-electron chi connectivity index (χ3n) is 2.37. The minimum Gasteiger partial charge on any atom is -0.158 e. The average Bonchev–Trinajstić information content (AvgIpc) is 2.60. The van der Waals surface area contributed by atoms with E-state index in [1.165, 1.54) is 28.8 Å². The molecule has 15 heavy (non-hydrogen) atoms. The van der Waals surface area contributed by atoms with E-state index in [1.54, 1.807) is 0 Å². The summed E-state index contributed by atoms with van der Waals surface area (Å²) in [5, 5.41) is 1.69. The molecule has 0 aromatic heterocycles. The van der Waals surface area contributed by atoms with E-state index in [9.17, 15) is 0 Å². The summed E-state index contributed by atoms with van der Waals surface area (Å²) in [4.78, 5) is 0. The van der Waals surface area contributed by atoms with Crippen molar-refractivity contribution in [1.29, 1.82) is 0 Å². The number of thioether (sulfide) groups is 5. The predicted molar refractivity (Wildman–Crippen MR) is 83.9 cm³/mol. The van der Waals surface area contributed by atoms with Crippen LogP contribution in [0.25, 0.3) is 0 Å². The second kappa shape index (κ2) is 6.07. The molecule has 3 unspecified atom stereocenters. The molecular formula is C10H18S5. The van der Waals surface area contributed by atoms with Crippen LogP contribution in [0, 0.1) is 0 Å². The van der Waals surface area contributed by atoms with Crippen molar-refractivity contribution in [2.75, 3.05) is 28.8 Å². The summed E-state index contributed by atoms with van der Waals surface area (Å²) in [6.07, 6.45) is 0. The molecule has 0 N–H and O–H groups in total. The smallest absolute Gasteiger partial charge is 0.116 e. The molecule has 3 atom stereocenters. The summed E-state index contributed by atoms with van der Waals surface area (Å²) >= 11 is 10.9. The summed E-state index contributed by atoms with van der Waals surface area (Å²) in [6, 6.07) is 0. The Labute approximate surface area is 115 Å². The van der Waals surface area contributed by atoms with E-state index in [2.05, 4.69) is 72.7 Å². The highest BCUT2D eigenvalue weighted by Crippen LogP contribution is 2.57. The number of hydrogen-bond acceptors (Lipinski definition) is 5. The van der Waals surface area contributed by atoms with Gasteiger partial charge in [-0.05, 0) is 0 Å². The molecule has 2 aliphatic rings. The summed E-state index contributed by atoms with van der Waals surface area (Å²) < 4.78 is 0.489. The lowest BCUT2D eigenvalue weighted by molar-refractivity contribution is 1.12. The number of hydrogen-bond donors (Lipinski definition) is 0. The van der Waals surface area contributed by atoms with Crippen molar-refractivity contribution in [3.8, 4) is 0 Å². The lowest BCUT2D eigenvalue weighted by Gasteiger charge is -2.26. The minimum atomic E-state index is 0.489. The van der Waals surface area contributed by atoms with Gasteiger partial charge in [0.25, 0.3) is 0 Å². The quantitative estimate of drug-likeness (QED) is 0.658. The van der Waals surface area contributed by atoms with E-state index in [4.69, 9.17) is 0 Å². The lowest BCUT2D eigenvalue weighted by Crippen LogP contribution is -2.18. The van der Waals surface area contributed by atoms with Gasteiger partial charge in [-0.15, -0.1) is 35.3 Å². The molecule has 0 bridgehead atoms. The van der Waals surface area contributed by atoms with Crippen LogP contribution in [0.5, 0.6) is 0 Å². The van der Waals surface area contributed by atoms with Crippen molar-refractivity contribution in [2.24, 2.45) is 0 Å². The van der Waals surface area contributed by atoms with Gasteiger partial charge in [-0.25, -0.2) is 0 Å². The molecule has 5 heteroatoms. The molecule has 2 rings (SSSR count). The van der Waals surface area contributed by atoms with Crippen LogP contribution in [0.2, 0.25) is 0 Å². The Kier molecular flexibility index (Phi) is 5.34. The van der Waals surface area contributed by atoms with E-state index in [0.717, 1.165) is 10.5 Å². The number of rotatable bonds is 0. The first-order chi connectivity index (χ1) is 7.20. The van der Waals surface area contributed by atoms with Gasteiger partial charge >= 0.3 is 0 Å². The fourth-order valence-corrected chi connectivity index (χ4v) is 10.3. The highest BCUT2D eigenvalue weighted by atomic mass is 32.3. The van der Waals surface area contributed by atoms with Gasteiger partial charge in [0.2, 0.25) is 0 Å². The summed E-state index contributed by atoms with van der Waals surface area (Å²) in [5.74, 6) is 6.70. The van der Waals surface area contributed by atoms with E-state index >= 15 is 0 Å². The van der Waals surface area contributed by atoms with E-state index in [-0.39, 0.29) is 0 Å². The van der Waals surface area contributed by atoms with Gasteiger partial charge in [0.15, 0.2) is 0 Å². The topological polar surface area (TPSA) is 0 Å². The molecule has 2 fully saturated rings. The van der Waals surface area contributed by atoms with Crippen LogP contribution in [0.4, 0.5) is 0 Å². The zero-order valence-electron chi connectivity index (χ0n) is 9.23. The maximum Gasteiger partial charge on any atom is 0.116 e. The highest BCUT2D eigenvalue weighted by molar-refractivity contribution is 8.36. The van der Waals surface area contributed by atoms with Gasteiger partial charge in [0, 0.05) is 39.3 Å². The molecule has 0 radical (unpaired) electrons. The van der Waals surface area contributed by atoms with Gasteiger partial charge in [0.1, 0.15) is 3.41 Å². The lowest BCUT2D eigenvalue weighted by atomic mass is 10.6. The maximum absolute atomic E-state index is 2.38. The van der Waals surface area contributed by atoms with Crippen LogP contribution in [-0.4, -0.2) is 42.7 Å². The maximum atomic E-state index is 2.38. The molecular weight excluding hydrogens is 280 g/mol. The van der Waals surface area contributed by atoms with Crippen LogP contribution < -0.4 is 0 Å². The normalized spacial score (nSPS) is 43.6. The summed E-state index contributed by atoms with van der Waals surface area (Å²) in [7, 11) is 0. The Balaban J connectivity index is 1.96. The Morgan fingerprint density at radius 2 is 1.73 bits per heavy atom. The zero-order chi connectivity index (χ0) is 10.7. The SMILES string of the molecule is CC1CSC2(CSCCS1)SCC(C)S2. The van der Waals surface area contributed by atoms with Gasteiger partial charge in [-0.3, -0.25) is 0 Å². The van der Waals surface area contributed by atoms with Gasteiger partial charge in [-0.1, -0.05) is 13.8 Å². The molecule has 0 amide bonds. The third kappa shape index (κ3) is 3.87. The fourth-order valence-electron chi connectivity index (χ4n) is 1.61. The van der Waals surface area contributed by atoms with Gasteiger partial charge in [0.05, 0.1) is 0 Å². The predicted octanol–water partition coefficient (Wildman–Crippen LogP) is 4.11. The molecule has 88 valence electrons. The van der Waals surface area contributed by atoms with Crippen molar-refractivity contribution >= 4 is 58.8 Å². The monoisotopic (exact) mass is 298 g/mol. The molecule has 0 saturated carbocycles. The summed E-state index contributed by atoms with van der Waals surface area (Å²) in [6.45, 7) is 4.76. The Morgan fingerprint density at radius 1 is 1.00 bits per heavy atom. The van der Waals surface area contributed by atoms with Crippen molar-refractivity contribution < 1.29 is 0 Å². The molecule has 0 nitrogen and oxygen atoms in total. The second-order valence-electron chi connectivity index (χ2n) is 3.97. The van der Waals surface area contributed by atoms with Crippen LogP contribution >= 0.6 is 58.8 Å². The third-order valence-corrected chi connectivity index (χ3v) is 11.5.